The van der Waals surface area contributed by atoms with Gasteiger partial charge in [0.15, 0.2) is 17.5 Å². The quantitative estimate of drug-likeness (QED) is 0.240. The molecule has 3 rings (SSSR count). The van der Waals surface area contributed by atoms with Crippen molar-refractivity contribution in [1.29, 1.82) is 0 Å². The molecule has 6 nitrogen and oxygen atoms in total. The van der Waals surface area contributed by atoms with E-state index in [4.69, 9.17) is 19.2 Å². The highest BCUT2D eigenvalue weighted by Crippen LogP contribution is 2.32. The molecule has 0 spiro atoms. The van der Waals surface area contributed by atoms with Crippen molar-refractivity contribution < 1.29 is 14.2 Å². The Hall–Kier alpha value is -1.22. The van der Waals surface area contributed by atoms with Gasteiger partial charge in [-0.1, -0.05) is 20.8 Å². The zero-order chi connectivity index (χ0) is 19.1. The van der Waals surface area contributed by atoms with Gasteiger partial charge in [-0.3, -0.25) is 4.99 Å². The molecule has 158 valence electrons. The van der Waals surface area contributed by atoms with Crippen LogP contribution in [-0.4, -0.2) is 45.0 Å². The molecule has 1 aliphatic carbocycles. The van der Waals surface area contributed by atoms with Gasteiger partial charge in [0.05, 0.1) is 13.2 Å². The fourth-order valence-electron chi connectivity index (χ4n) is 2.87. The van der Waals surface area contributed by atoms with Gasteiger partial charge in [0.1, 0.15) is 0 Å². The van der Waals surface area contributed by atoms with E-state index in [1.165, 1.54) is 6.42 Å². The van der Waals surface area contributed by atoms with Crippen molar-refractivity contribution in [2.75, 3.05) is 38.3 Å². The molecule has 0 amide bonds. The van der Waals surface area contributed by atoms with Gasteiger partial charge in [0.2, 0.25) is 0 Å². The van der Waals surface area contributed by atoms with Crippen LogP contribution in [0.3, 0.4) is 0 Å². The Morgan fingerprint density at radius 3 is 2.71 bits per heavy atom. The molecular weight excluding hydrogens is 469 g/mol. The SMILES string of the molecule is CC(C)COCCCN=C(Nc1ccc2c(c1)OCCCO2)NC1CC1C.I. The third-order valence-electron chi connectivity index (χ3n) is 4.61. The van der Waals surface area contributed by atoms with Crippen LogP contribution in [0.25, 0.3) is 0 Å². The van der Waals surface area contributed by atoms with Crippen LogP contribution in [-0.2, 0) is 4.74 Å². The van der Waals surface area contributed by atoms with E-state index in [0.29, 0.717) is 31.1 Å². The molecule has 0 saturated heterocycles. The Labute approximate surface area is 185 Å². The van der Waals surface area contributed by atoms with Crippen molar-refractivity contribution >= 4 is 35.6 Å². The van der Waals surface area contributed by atoms with Gasteiger partial charge in [0.25, 0.3) is 0 Å². The maximum atomic E-state index is 5.78. The molecule has 0 aromatic heterocycles. The molecule has 1 aliphatic heterocycles. The lowest BCUT2D eigenvalue weighted by molar-refractivity contribution is 0.109. The lowest BCUT2D eigenvalue weighted by Gasteiger charge is -2.14. The number of benzene rings is 1. The van der Waals surface area contributed by atoms with Crippen LogP contribution < -0.4 is 20.1 Å². The maximum Gasteiger partial charge on any atom is 0.196 e. The minimum absolute atomic E-state index is 0. The number of rotatable bonds is 8. The van der Waals surface area contributed by atoms with Gasteiger partial charge in [-0.15, -0.1) is 24.0 Å². The molecular formula is C21H34IN3O3. The van der Waals surface area contributed by atoms with Crippen LogP contribution in [0.1, 0.15) is 40.0 Å². The molecule has 1 fully saturated rings. The first-order valence-electron chi connectivity index (χ1n) is 10.2. The van der Waals surface area contributed by atoms with Crippen LogP contribution in [0.2, 0.25) is 0 Å². The average molecular weight is 503 g/mol. The molecule has 2 aliphatic rings. The van der Waals surface area contributed by atoms with Crippen molar-refractivity contribution in [3.63, 3.8) is 0 Å². The van der Waals surface area contributed by atoms with Crippen LogP contribution in [0, 0.1) is 11.8 Å². The lowest BCUT2D eigenvalue weighted by atomic mass is 10.2. The zero-order valence-corrected chi connectivity index (χ0v) is 19.5. The largest absolute Gasteiger partial charge is 0.490 e. The number of ether oxygens (including phenoxy) is 3. The number of hydrogen-bond acceptors (Lipinski definition) is 4. The molecule has 28 heavy (non-hydrogen) atoms. The third kappa shape index (κ3) is 7.66. The molecule has 0 bridgehead atoms. The number of halogens is 1. The first-order chi connectivity index (χ1) is 13.1. The number of nitrogens with one attached hydrogen (secondary N) is 2. The molecule has 2 N–H and O–H groups in total. The molecule has 1 aromatic carbocycles. The Morgan fingerprint density at radius 2 is 2.00 bits per heavy atom. The molecule has 2 atom stereocenters. The van der Waals surface area contributed by atoms with E-state index in [-0.39, 0.29) is 24.0 Å². The van der Waals surface area contributed by atoms with Gasteiger partial charge in [0, 0.05) is 44.0 Å². The summed E-state index contributed by atoms with van der Waals surface area (Å²) in [5.74, 6) is 3.70. The first kappa shape index (κ1) is 23.1. The van der Waals surface area contributed by atoms with Gasteiger partial charge in [-0.25, -0.2) is 0 Å². The number of guanidine groups is 1. The van der Waals surface area contributed by atoms with E-state index in [1.54, 1.807) is 0 Å². The number of anilines is 1. The van der Waals surface area contributed by atoms with Crippen molar-refractivity contribution in [2.45, 2.75) is 46.1 Å². The minimum Gasteiger partial charge on any atom is -0.490 e. The maximum absolute atomic E-state index is 5.78. The van der Waals surface area contributed by atoms with Gasteiger partial charge >= 0.3 is 0 Å². The molecule has 0 radical (unpaired) electrons. The summed E-state index contributed by atoms with van der Waals surface area (Å²) in [5.41, 5.74) is 0.954. The first-order valence-corrected chi connectivity index (χ1v) is 10.2. The van der Waals surface area contributed by atoms with Gasteiger partial charge in [-0.2, -0.15) is 0 Å². The minimum atomic E-state index is 0. The third-order valence-corrected chi connectivity index (χ3v) is 4.61. The van der Waals surface area contributed by atoms with Crippen molar-refractivity contribution in [3.05, 3.63) is 18.2 Å². The Bertz CT molecular complexity index is 639. The summed E-state index contributed by atoms with van der Waals surface area (Å²) < 4.78 is 17.1. The van der Waals surface area contributed by atoms with E-state index in [9.17, 15) is 0 Å². The summed E-state index contributed by atoms with van der Waals surface area (Å²) in [6, 6.07) is 6.46. The normalized spacial score (nSPS) is 20.9. The highest BCUT2D eigenvalue weighted by atomic mass is 127. The summed E-state index contributed by atoms with van der Waals surface area (Å²) in [6.45, 7) is 10.3. The fraction of sp³-hybridized carbons (Fsp3) is 0.667. The van der Waals surface area contributed by atoms with Crippen molar-refractivity contribution in [3.8, 4) is 11.5 Å². The summed E-state index contributed by atoms with van der Waals surface area (Å²) in [6.07, 6.45) is 3.02. The molecule has 1 saturated carbocycles. The summed E-state index contributed by atoms with van der Waals surface area (Å²) in [7, 11) is 0. The van der Waals surface area contributed by atoms with E-state index < -0.39 is 0 Å². The monoisotopic (exact) mass is 503 g/mol. The van der Waals surface area contributed by atoms with E-state index >= 15 is 0 Å². The van der Waals surface area contributed by atoms with Crippen LogP contribution in [0.4, 0.5) is 5.69 Å². The standard InChI is InChI=1S/C21H33N3O3.HI/c1-15(2)14-25-9-4-8-22-21(24-18-12-16(18)3)23-17-6-7-19-20(13-17)27-11-5-10-26-19;/h6-7,13,15-16,18H,4-5,8-12,14H2,1-3H3,(H2,22,23,24);1H. The number of nitrogens with zero attached hydrogens (tertiary/aromatic N) is 1. The second-order valence-corrected chi connectivity index (χ2v) is 7.85. The zero-order valence-electron chi connectivity index (χ0n) is 17.2. The van der Waals surface area contributed by atoms with Crippen molar-refractivity contribution in [1.82, 2.24) is 5.32 Å². The van der Waals surface area contributed by atoms with E-state index in [0.717, 1.165) is 55.7 Å². The van der Waals surface area contributed by atoms with Crippen LogP contribution in [0.5, 0.6) is 11.5 Å². The van der Waals surface area contributed by atoms with Crippen LogP contribution >= 0.6 is 24.0 Å². The highest BCUT2D eigenvalue weighted by molar-refractivity contribution is 14.0. The summed E-state index contributed by atoms with van der Waals surface area (Å²) >= 11 is 0. The van der Waals surface area contributed by atoms with E-state index in [1.807, 2.05) is 18.2 Å². The lowest BCUT2D eigenvalue weighted by Crippen LogP contribution is -2.33. The van der Waals surface area contributed by atoms with Crippen molar-refractivity contribution in [2.24, 2.45) is 16.8 Å². The molecule has 7 heteroatoms. The molecule has 1 heterocycles. The Morgan fingerprint density at radius 1 is 1.25 bits per heavy atom. The highest BCUT2D eigenvalue weighted by Gasteiger charge is 2.33. The number of aliphatic imine (C=N–C) groups is 1. The van der Waals surface area contributed by atoms with Gasteiger partial charge in [-0.05, 0) is 36.8 Å². The Kier molecular flexibility index (Phi) is 9.64. The number of fused-ring (bicyclic) bond motifs is 1. The fourth-order valence-corrected chi connectivity index (χ4v) is 2.87. The van der Waals surface area contributed by atoms with Crippen LogP contribution in [0.15, 0.2) is 23.2 Å². The Balaban J connectivity index is 0.00000280. The predicted octanol–water partition coefficient (Wildman–Crippen LogP) is 4.29. The molecule has 2 unspecified atom stereocenters. The second-order valence-electron chi connectivity index (χ2n) is 7.85. The average Bonchev–Trinajstić information content (AvgIpc) is 3.38. The summed E-state index contributed by atoms with van der Waals surface area (Å²) in [5, 5.41) is 6.93. The second kappa shape index (κ2) is 11.7. The smallest absolute Gasteiger partial charge is 0.196 e. The van der Waals surface area contributed by atoms with E-state index in [2.05, 4.69) is 31.4 Å². The topological polar surface area (TPSA) is 64.1 Å². The predicted molar refractivity (Wildman–Crippen MR) is 124 cm³/mol. The number of hydrogen-bond donors (Lipinski definition) is 2. The summed E-state index contributed by atoms with van der Waals surface area (Å²) in [4.78, 5) is 4.72. The van der Waals surface area contributed by atoms with Gasteiger partial charge < -0.3 is 24.8 Å². The molecule has 1 aromatic rings.